The van der Waals surface area contributed by atoms with E-state index in [9.17, 15) is 9.59 Å². The largest absolute Gasteiger partial charge is 0.325 e. The molecule has 1 fully saturated rings. The van der Waals surface area contributed by atoms with Crippen molar-refractivity contribution in [1.29, 1.82) is 0 Å². The number of rotatable bonds is 7. The number of hydrogen-bond acceptors (Lipinski definition) is 4. The average molecular weight is 345 g/mol. The van der Waals surface area contributed by atoms with Crippen LogP contribution in [-0.2, 0) is 4.79 Å². The standard InChI is InChI=1S/C20H31N3O2/c1-15(2)9-10-22-11-13-23(14-12-22)16(3)20(25)21-19-7-5-18(6-8-19)17(4)24/h5-8,15-16H,9-14H2,1-4H3,(H,21,25)/t16-/m1/s1. The number of amides is 1. The molecule has 0 aromatic heterocycles. The second kappa shape index (κ2) is 9.11. The zero-order valence-corrected chi connectivity index (χ0v) is 15.9. The predicted octanol–water partition coefficient (Wildman–Crippen LogP) is 2.88. The molecule has 1 atom stereocenters. The van der Waals surface area contributed by atoms with Crippen LogP contribution in [0, 0.1) is 5.92 Å². The molecule has 0 spiro atoms. The van der Waals surface area contributed by atoms with Crippen molar-refractivity contribution in [2.45, 2.75) is 40.2 Å². The molecule has 0 saturated carbocycles. The number of benzene rings is 1. The third-order valence-electron chi connectivity index (χ3n) is 4.92. The summed E-state index contributed by atoms with van der Waals surface area (Å²) < 4.78 is 0. The number of nitrogens with one attached hydrogen (secondary N) is 1. The van der Waals surface area contributed by atoms with Gasteiger partial charge in [0.05, 0.1) is 6.04 Å². The second-order valence-corrected chi connectivity index (χ2v) is 7.36. The monoisotopic (exact) mass is 345 g/mol. The molecule has 1 aromatic carbocycles. The fourth-order valence-electron chi connectivity index (χ4n) is 3.02. The fraction of sp³-hybridized carbons (Fsp3) is 0.600. The molecule has 138 valence electrons. The van der Waals surface area contributed by atoms with Gasteiger partial charge in [0.25, 0.3) is 0 Å². The van der Waals surface area contributed by atoms with Gasteiger partial charge >= 0.3 is 0 Å². The van der Waals surface area contributed by atoms with Crippen LogP contribution in [0.3, 0.4) is 0 Å². The minimum absolute atomic E-state index is 0.00575. The van der Waals surface area contributed by atoms with Gasteiger partial charge in [-0.05, 0) is 57.0 Å². The average Bonchev–Trinajstić information content (AvgIpc) is 2.60. The highest BCUT2D eigenvalue weighted by Gasteiger charge is 2.25. The lowest BCUT2D eigenvalue weighted by molar-refractivity contribution is -0.121. The summed E-state index contributed by atoms with van der Waals surface area (Å²) in [5.41, 5.74) is 1.39. The van der Waals surface area contributed by atoms with Gasteiger partial charge in [-0.25, -0.2) is 0 Å². The second-order valence-electron chi connectivity index (χ2n) is 7.36. The minimum atomic E-state index is -0.153. The Balaban J connectivity index is 1.81. The molecule has 0 unspecified atom stereocenters. The summed E-state index contributed by atoms with van der Waals surface area (Å²) in [6.07, 6.45) is 1.23. The lowest BCUT2D eigenvalue weighted by Gasteiger charge is -2.37. The Morgan fingerprint density at radius 3 is 2.16 bits per heavy atom. The van der Waals surface area contributed by atoms with E-state index in [1.807, 2.05) is 6.92 Å². The number of carbonyl (C=O) groups excluding carboxylic acids is 2. The summed E-state index contributed by atoms with van der Waals surface area (Å²) >= 11 is 0. The van der Waals surface area contributed by atoms with Gasteiger partial charge in [0, 0.05) is 37.4 Å². The number of anilines is 1. The molecule has 0 radical (unpaired) electrons. The number of hydrogen-bond donors (Lipinski definition) is 1. The molecule has 1 N–H and O–H groups in total. The van der Waals surface area contributed by atoms with Crippen molar-refractivity contribution in [3.05, 3.63) is 29.8 Å². The summed E-state index contributed by atoms with van der Waals surface area (Å²) in [6.45, 7) is 13.1. The quantitative estimate of drug-likeness (QED) is 0.772. The van der Waals surface area contributed by atoms with Crippen molar-refractivity contribution in [3.63, 3.8) is 0 Å². The van der Waals surface area contributed by atoms with Gasteiger partial charge in [-0.3, -0.25) is 14.5 Å². The summed E-state index contributed by atoms with van der Waals surface area (Å²) in [5.74, 6) is 0.768. The maximum Gasteiger partial charge on any atom is 0.241 e. The van der Waals surface area contributed by atoms with E-state index in [2.05, 4.69) is 29.0 Å². The van der Waals surface area contributed by atoms with Crippen molar-refractivity contribution in [1.82, 2.24) is 9.80 Å². The van der Waals surface area contributed by atoms with Crippen molar-refractivity contribution >= 4 is 17.4 Å². The molecule has 1 heterocycles. The molecular weight excluding hydrogens is 314 g/mol. The van der Waals surface area contributed by atoms with Crippen LogP contribution in [0.5, 0.6) is 0 Å². The number of piperazine rings is 1. The van der Waals surface area contributed by atoms with E-state index in [-0.39, 0.29) is 17.7 Å². The third kappa shape index (κ3) is 5.94. The first-order valence-corrected chi connectivity index (χ1v) is 9.25. The molecule has 0 bridgehead atoms. The minimum Gasteiger partial charge on any atom is -0.325 e. The van der Waals surface area contributed by atoms with Crippen molar-refractivity contribution < 1.29 is 9.59 Å². The Hall–Kier alpha value is -1.72. The molecule has 1 saturated heterocycles. The molecule has 1 aliphatic heterocycles. The number of carbonyl (C=O) groups is 2. The van der Waals surface area contributed by atoms with Gasteiger partial charge in [-0.15, -0.1) is 0 Å². The number of ketones is 1. The first kappa shape index (κ1) is 19.6. The summed E-state index contributed by atoms with van der Waals surface area (Å²) in [7, 11) is 0. The Labute approximate surface area is 151 Å². The molecule has 2 rings (SSSR count). The van der Waals surface area contributed by atoms with Gasteiger partial charge < -0.3 is 10.2 Å². The maximum atomic E-state index is 12.5. The van der Waals surface area contributed by atoms with Crippen molar-refractivity contribution in [2.24, 2.45) is 5.92 Å². The SMILES string of the molecule is CC(=O)c1ccc(NC(=O)[C@@H](C)N2CCN(CCC(C)C)CC2)cc1. The smallest absolute Gasteiger partial charge is 0.241 e. The molecular formula is C20H31N3O2. The van der Waals surface area contributed by atoms with Crippen LogP contribution in [0.2, 0.25) is 0 Å². The zero-order valence-electron chi connectivity index (χ0n) is 15.9. The fourth-order valence-corrected chi connectivity index (χ4v) is 3.02. The van der Waals surface area contributed by atoms with Crippen molar-refractivity contribution in [3.8, 4) is 0 Å². The van der Waals surface area contributed by atoms with Gasteiger partial charge in [0.1, 0.15) is 0 Å². The van der Waals surface area contributed by atoms with Crippen LogP contribution in [0.25, 0.3) is 0 Å². The van der Waals surface area contributed by atoms with E-state index in [0.717, 1.165) is 44.3 Å². The highest BCUT2D eigenvalue weighted by atomic mass is 16.2. The third-order valence-corrected chi connectivity index (χ3v) is 4.92. The first-order valence-electron chi connectivity index (χ1n) is 9.25. The molecule has 0 aliphatic carbocycles. The van der Waals surface area contributed by atoms with E-state index >= 15 is 0 Å². The number of Topliss-reactive ketones (excluding diaryl/α,β-unsaturated/α-hetero) is 1. The highest BCUT2D eigenvalue weighted by Crippen LogP contribution is 2.13. The molecule has 5 nitrogen and oxygen atoms in total. The van der Waals surface area contributed by atoms with Crippen LogP contribution in [0.1, 0.15) is 44.5 Å². The molecule has 25 heavy (non-hydrogen) atoms. The summed E-state index contributed by atoms with van der Waals surface area (Å²) in [5, 5.41) is 2.95. The van der Waals surface area contributed by atoms with Crippen LogP contribution in [0.15, 0.2) is 24.3 Å². The Morgan fingerprint density at radius 1 is 1.04 bits per heavy atom. The highest BCUT2D eigenvalue weighted by molar-refractivity contribution is 5.96. The van der Waals surface area contributed by atoms with Crippen LogP contribution >= 0.6 is 0 Å². The van der Waals surface area contributed by atoms with E-state index in [1.54, 1.807) is 24.3 Å². The molecule has 1 aliphatic rings. The van der Waals surface area contributed by atoms with Gasteiger partial charge in [-0.2, -0.15) is 0 Å². The molecule has 5 heteroatoms. The van der Waals surface area contributed by atoms with Crippen LogP contribution in [0.4, 0.5) is 5.69 Å². The Morgan fingerprint density at radius 2 is 1.64 bits per heavy atom. The zero-order chi connectivity index (χ0) is 18.4. The summed E-state index contributed by atoms with van der Waals surface area (Å²) in [6, 6.07) is 6.91. The van der Waals surface area contributed by atoms with Gasteiger partial charge in [0.15, 0.2) is 5.78 Å². The lowest BCUT2D eigenvalue weighted by atomic mass is 10.1. The Bertz CT molecular complexity index is 575. The first-order chi connectivity index (χ1) is 11.9. The Kier molecular flexibility index (Phi) is 7.14. The van der Waals surface area contributed by atoms with Crippen LogP contribution in [-0.4, -0.2) is 60.3 Å². The maximum absolute atomic E-state index is 12.5. The molecule has 1 amide bonds. The normalized spacial score (nSPS) is 17.5. The van der Waals surface area contributed by atoms with Crippen molar-refractivity contribution in [2.75, 3.05) is 38.0 Å². The van der Waals surface area contributed by atoms with E-state index in [0.29, 0.717) is 5.56 Å². The lowest BCUT2D eigenvalue weighted by Crippen LogP contribution is -2.52. The number of nitrogens with zero attached hydrogens (tertiary/aromatic N) is 2. The van der Waals surface area contributed by atoms with E-state index in [1.165, 1.54) is 13.3 Å². The van der Waals surface area contributed by atoms with E-state index in [4.69, 9.17) is 0 Å². The van der Waals surface area contributed by atoms with Crippen LogP contribution < -0.4 is 5.32 Å². The van der Waals surface area contributed by atoms with E-state index < -0.39 is 0 Å². The summed E-state index contributed by atoms with van der Waals surface area (Å²) in [4.78, 5) is 28.5. The molecule has 1 aromatic rings. The van der Waals surface area contributed by atoms with Gasteiger partial charge in [0.2, 0.25) is 5.91 Å². The van der Waals surface area contributed by atoms with Gasteiger partial charge in [-0.1, -0.05) is 13.8 Å². The topological polar surface area (TPSA) is 52.7 Å². The predicted molar refractivity (Wildman–Crippen MR) is 102 cm³/mol.